The van der Waals surface area contributed by atoms with Crippen molar-refractivity contribution in [2.45, 2.75) is 51.4 Å². The lowest BCUT2D eigenvalue weighted by molar-refractivity contribution is -0.313. The molecule has 0 radical (unpaired) electrons. The number of thiophene rings is 1. The predicted octanol–water partition coefficient (Wildman–Crippen LogP) is 1.91. The van der Waals surface area contributed by atoms with E-state index in [4.69, 9.17) is 4.74 Å². The number of rotatable bonds is 4. The number of hydrogen-bond acceptors (Lipinski definition) is 6. The fourth-order valence-corrected chi connectivity index (χ4v) is 5.18. The molecule has 25 heavy (non-hydrogen) atoms. The summed E-state index contributed by atoms with van der Waals surface area (Å²) in [6.45, 7) is 0. The average molecular weight is 364 g/mol. The van der Waals surface area contributed by atoms with Crippen molar-refractivity contribution in [3.05, 3.63) is 16.0 Å². The first-order chi connectivity index (χ1) is 12.0. The number of carbonyl (C=O) groups is 3. The lowest BCUT2D eigenvalue weighted by Gasteiger charge is -2.31. The summed E-state index contributed by atoms with van der Waals surface area (Å²) in [5.41, 5.74) is 1.41. The molecule has 1 aromatic heterocycles. The molecule has 2 aliphatic carbocycles. The fraction of sp³-hybridized carbons (Fsp3) is 0.611. The Balaban J connectivity index is 1.86. The van der Waals surface area contributed by atoms with E-state index in [0.717, 1.165) is 49.0 Å². The van der Waals surface area contributed by atoms with Crippen LogP contribution in [0.4, 0.5) is 5.00 Å². The Hall–Kier alpha value is -1.89. The minimum Gasteiger partial charge on any atom is -0.550 e. The highest BCUT2D eigenvalue weighted by Gasteiger charge is 2.34. The number of aliphatic carboxylic acids is 1. The molecule has 0 unspecified atom stereocenters. The zero-order chi connectivity index (χ0) is 18.0. The van der Waals surface area contributed by atoms with Gasteiger partial charge in [0.1, 0.15) is 5.00 Å². The second-order valence-electron chi connectivity index (χ2n) is 6.71. The van der Waals surface area contributed by atoms with Gasteiger partial charge >= 0.3 is 5.97 Å². The van der Waals surface area contributed by atoms with Crippen LogP contribution in [0.3, 0.4) is 0 Å². The number of carbonyl (C=O) groups excluding carboxylic acids is 3. The van der Waals surface area contributed by atoms with Gasteiger partial charge in [-0.1, -0.05) is 12.8 Å². The van der Waals surface area contributed by atoms with Crippen molar-refractivity contribution in [2.75, 3.05) is 12.4 Å². The normalized spacial score (nSPS) is 22.8. The lowest BCUT2D eigenvalue weighted by atomic mass is 9.78. The molecule has 1 fully saturated rings. The summed E-state index contributed by atoms with van der Waals surface area (Å²) in [4.78, 5) is 37.4. The van der Waals surface area contributed by atoms with E-state index in [2.05, 4.69) is 5.32 Å². The molecule has 1 amide bonds. The van der Waals surface area contributed by atoms with Crippen LogP contribution in [0.25, 0.3) is 0 Å². The molecule has 2 aliphatic rings. The highest BCUT2D eigenvalue weighted by atomic mass is 32.1. The van der Waals surface area contributed by atoms with Gasteiger partial charge in [-0.25, -0.2) is 4.79 Å². The number of amides is 1. The van der Waals surface area contributed by atoms with Crippen LogP contribution in [0.2, 0.25) is 0 Å². The van der Waals surface area contributed by atoms with Crippen molar-refractivity contribution >= 4 is 34.2 Å². The summed E-state index contributed by atoms with van der Waals surface area (Å²) in [5.74, 6) is -3.32. The quantitative estimate of drug-likeness (QED) is 0.824. The fourth-order valence-electron chi connectivity index (χ4n) is 3.90. The molecule has 3 rings (SSSR count). The molecule has 0 aliphatic heterocycles. The Morgan fingerprint density at radius 3 is 2.44 bits per heavy atom. The molecule has 0 spiro atoms. The monoisotopic (exact) mass is 364 g/mol. The van der Waals surface area contributed by atoms with E-state index in [0.29, 0.717) is 23.4 Å². The first kappa shape index (κ1) is 17.9. The smallest absolute Gasteiger partial charge is 0.341 e. The summed E-state index contributed by atoms with van der Waals surface area (Å²) in [5, 5.41) is 14.7. The van der Waals surface area contributed by atoms with E-state index in [9.17, 15) is 19.5 Å². The van der Waals surface area contributed by atoms with Gasteiger partial charge in [0.2, 0.25) is 5.91 Å². The summed E-state index contributed by atoms with van der Waals surface area (Å²) < 4.78 is 4.90. The number of aryl methyl sites for hydroxylation is 1. The standard InChI is InChI=1S/C18H23NO5S/c1-24-18(23)14-12-8-4-5-9-13(12)25-16(14)19-15(20)10-6-2-3-7-11(10)17(21)22/h10-11H,2-9H2,1H3,(H,19,20)(H,21,22)/p-1/t10-,11-/m0/s1. The van der Waals surface area contributed by atoms with E-state index < -0.39 is 23.8 Å². The number of nitrogens with one attached hydrogen (secondary N) is 1. The van der Waals surface area contributed by atoms with E-state index >= 15 is 0 Å². The second kappa shape index (κ2) is 7.56. The zero-order valence-electron chi connectivity index (χ0n) is 14.3. The van der Waals surface area contributed by atoms with Crippen molar-refractivity contribution in [3.8, 4) is 0 Å². The molecule has 0 bridgehead atoms. The number of esters is 1. The minimum atomic E-state index is -1.17. The molecule has 1 N–H and O–H groups in total. The Morgan fingerprint density at radius 2 is 1.76 bits per heavy atom. The molecule has 1 saturated carbocycles. The van der Waals surface area contributed by atoms with Gasteiger partial charge in [-0.05, 0) is 44.1 Å². The summed E-state index contributed by atoms with van der Waals surface area (Å²) >= 11 is 1.41. The number of methoxy groups -OCH3 is 1. The maximum absolute atomic E-state index is 12.7. The second-order valence-corrected chi connectivity index (χ2v) is 7.82. The Morgan fingerprint density at radius 1 is 1.08 bits per heavy atom. The van der Waals surface area contributed by atoms with Crippen molar-refractivity contribution in [1.29, 1.82) is 0 Å². The molecule has 2 atom stereocenters. The molecule has 0 aromatic carbocycles. The van der Waals surface area contributed by atoms with Crippen LogP contribution in [0.15, 0.2) is 0 Å². The van der Waals surface area contributed by atoms with Gasteiger partial charge in [-0.15, -0.1) is 11.3 Å². The Kier molecular flexibility index (Phi) is 5.42. The minimum absolute atomic E-state index is 0.336. The third-order valence-electron chi connectivity index (χ3n) is 5.20. The van der Waals surface area contributed by atoms with Crippen molar-refractivity contribution < 1.29 is 24.2 Å². The summed E-state index contributed by atoms with van der Waals surface area (Å²) in [7, 11) is 1.33. The van der Waals surface area contributed by atoms with Crippen molar-refractivity contribution in [2.24, 2.45) is 11.8 Å². The molecular weight excluding hydrogens is 342 g/mol. The third kappa shape index (κ3) is 3.56. The van der Waals surface area contributed by atoms with Gasteiger partial charge in [0.25, 0.3) is 0 Å². The number of fused-ring (bicyclic) bond motifs is 1. The molecular formula is C18H22NO5S-. The van der Waals surface area contributed by atoms with Gasteiger partial charge in [-0.2, -0.15) is 0 Å². The zero-order valence-corrected chi connectivity index (χ0v) is 15.1. The average Bonchev–Trinajstić information content (AvgIpc) is 2.98. The van der Waals surface area contributed by atoms with E-state index in [1.807, 2.05) is 0 Å². The molecule has 1 heterocycles. The topological polar surface area (TPSA) is 95.5 Å². The van der Waals surface area contributed by atoms with Crippen LogP contribution < -0.4 is 10.4 Å². The van der Waals surface area contributed by atoms with Crippen molar-refractivity contribution in [3.63, 3.8) is 0 Å². The van der Waals surface area contributed by atoms with Crippen LogP contribution in [0.1, 0.15) is 59.3 Å². The maximum Gasteiger partial charge on any atom is 0.341 e. The highest BCUT2D eigenvalue weighted by Crippen LogP contribution is 2.39. The van der Waals surface area contributed by atoms with Crippen LogP contribution in [-0.4, -0.2) is 25.0 Å². The molecule has 0 saturated heterocycles. The number of hydrogen-bond donors (Lipinski definition) is 1. The summed E-state index contributed by atoms with van der Waals surface area (Å²) in [6.07, 6.45) is 6.39. The van der Waals surface area contributed by atoms with Gasteiger partial charge in [0, 0.05) is 22.7 Å². The van der Waals surface area contributed by atoms with Gasteiger partial charge in [0.05, 0.1) is 12.7 Å². The van der Waals surface area contributed by atoms with Crippen molar-refractivity contribution in [1.82, 2.24) is 0 Å². The number of carboxylic acid groups (broad SMARTS) is 1. The molecule has 1 aromatic rings. The number of ether oxygens (including phenoxy) is 1. The lowest BCUT2D eigenvalue weighted by Crippen LogP contribution is -2.42. The largest absolute Gasteiger partial charge is 0.550 e. The first-order valence-electron chi connectivity index (χ1n) is 8.77. The first-order valence-corrected chi connectivity index (χ1v) is 9.59. The molecule has 6 nitrogen and oxygen atoms in total. The van der Waals surface area contributed by atoms with Gasteiger partial charge in [0.15, 0.2) is 0 Å². The molecule has 136 valence electrons. The highest BCUT2D eigenvalue weighted by molar-refractivity contribution is 7.17. The van der Waals surface area contributed by atoms with E-state index in [-0.39, 0.29) is 5.91 Å². The molecule has 7 heteroatoms. The van der Waals surface area contributed by atoms with E-state index in [1.54, 1.807) is 0 Å². The maximum atomic E-state index is 12.7. The number of carboxylic acids is 1. The Labute approximate surface area is 150 Å². The van der Waals surface area contributed by atoms with Crippen LogP contribution in [0, 0.1) is 11.8 Å². The third-order valence-corrected chi connectivity index (χ3v) is 6.41. The summed E-state index contributed by atoms with van der Waals surface area (Å²) in [6, 6.07) is 0. The SMILES string of the molecule is COC(=O)c1c(NC(=O)[C@H]2CCCC[C@@H]2C(=O)[O-])sc2c1CCCC2. The van der Waals surface area contributed by atoms with Crippen LogP contribution >= 0.6 is 11.3 Å². The van der Waals surface area contributed by atoms with Gasteiger partial charge in [-0.3, -0.25) is 4.79 Å². The number of anilines is 1. The Bertz CT molecular complexity index is 696. The van der Waals surface area contributed by atoms with Gasteiger partial charge < -0.3 is 20.0 Å². The van der Waals surface area contributed by atoms with Crippen LogP contribution in [-0.2, 0) is 27.2 Å². The van der Waals surface area contributed by atoms with E-state index in [1.165, 1.54) is 18.4 Å². The predicted molar refractivity (Wildman–Crippen MR) is 91.4 cm³/mol. The van der Waals surface area contributed by atoms with Crippen LogP contribution in [0.5, 0.6) is 0 Å².